The number of hydrogen-bond acceptors (Lipinski definition) is 4. The number of nitrogen functional groups attached to an aromatic ring is 1. The standard InChI is InChI=1S/C21H18N4O/c1-2-10-25-12-17-18(21(25)26)19(23)16-9-5-8-15(20(16)24-17)14-7-4-3-6-13(14)11-22/h3-9H,2,10,12H2,1H3,(H2,23,24). The summed E-state index contributed by atoms with van der Waals surface area (Å²) >= 11 is 0. The number of para-hydroxylation sites is 1. The monoisotopic (exact) mass is 342 g/mol. The van der Waals surface area contributed by atoms with Crippen molar-refractivity contribution in [3.63, 3.8) is 0 Å². The van der Waals surface area contributed by atoms with Gasteiger partial charge in [-0.1, -0.05) is 43.3 Å². The Hall–Kier alpha value is -3.39. The number of benzene rings is 2. The first kappa shape index (κ1) is 16.1. The normalized spacial score (nSPS) is 13.1. The second-order valence-electron chi connectivity index (χ2n) is 6.43. The number of aromatic nitrogens is 1. The van der Waals surface area contributed by atoms with E-state index in [0.29, 0.717) is 29.9 Å². The first-order valence-electron chi connectivity index (χ1n) is 8.65. The van der Waals surface area contributed by atoms with Crippen LogP contribution in [0.1, 0.15) is 35.0 Å². The Bertz CT molecular complexity index is 1080. The van der Waals surface area contributed by atoms with Crippen LogP contribution >= 0.6 is 0 Å². The number of carbonyl (C=O) groups excluding carboxylic acids is 1. The number of anilines is 1. The zero-order valence-electron chi connectivity index (χ0n) is 14.5. The van der Waals surface area contributed by atoms with Gasteiger partial charge in [0.25, 0.3) is 5.91 Å². The third-order valence-corrected chi connectivity index (χ3v) is 4.80. The van der Waals surface area contributed by atoms with Crippen LogP contribution in [0.2, 0.25) is 0 Å². The number of nitrogens with two attached hydrogens (primary N) is 1. The van der Waals surface area contributed by atoms with Gasteiger partial charge in [0.1, 0.15) is 0 Å². The maximum atomic E-state index is 12.7. The zero-order chi connectivity index (χ0) is 18.3. The predicted octanol–water partition coefficient (Wildman–Crippen LogP) is 3.72. The van der Waals surface area contributed by atoms with Gasteiger partial charge < -0.3 is 10.6 Å². The number of nitrogens with zero attached hydrogens (tertiary/aromatic N) is 3. The van der Waals surface area contributed by atoms with Crippen LogP contribution in [-0.4, -0.2) is 22.3 Å². The van der Waals surface area contributed by atoms with E-state index in [2.05, 4.69) is 6.07 Å². The number of rotatable bonds is 3. The molecule has 0 atom stereocenters. The summed E-state index contributed by atoms with van der Waals surface area (Å²) in [6.07, 6.45) is 0.889. The van der Waals surface area contributed by atoms with E-state index in [1.807, 2.05) is 43.3 Å². The van der Waals surface area contributed by atoms with E-state index in [1.165, 1.54) is 0 Å². The molecule has 3 aromatic rings. The first-order chi connectivity index (χ1) is 12.7. The van der Waals surface area contributed by atoms with E-state index < -0.39 is 0 Å². The Morgan fingerprint density at radius 3 is 2.73 bits per heavy atom. The molecule has 0 fully saturated rings. The van der Waals surface area contributed by atoms with Crippen LogP contribution in [0.15, 0.2) is 42.5 Å². The molecule has 1 aliphatic rings. The van der Waals surface area contributed by atoms with Crippen LogP contribution in [0, 0.1) is 11.3 Å². The molecule has 0 radical (unpaired) electrons. The second kappa shape index (κ2) is 6.16. The quantitative estimate of drug-likeness (QED) is 0.786. The molecular formula is C21H18N4O. The summed E-state index contributed by atoms with van der Waals surface area (Å²) in [5.74, 6) is -0.0448. The van der Waals surface area contributed by atoms with E-state index in [1.54, 1.807) is 11.0 Å². The van der Waals surface area contributed by atoms with Crippen molar-refractivity contribution in [3.05, 3.63) is 59.3 Å². The van der Waals surface area contributed by atoms with E-state index in [-0.39, 0.29) is 5.91 Å². The van der Waals surface area contributed by atoms with Gasteiger partial charge in [-0.3, -0.25) is 4.79 Å². The summed E-state index contributed by atoms with van der Waals surface area (Å²) in [7, 11) is 0. The van der Waals surface area contributed by atoms with Gasteiger partial charge in [-0.2, -0.15) is 5.26 Å². The Morgan fingerprint density at radius 1 is 1.19 bits per heavy atom. The Labute approximate surface area is 151 Å². The molecule has 0 aliphatic carbocycles. The van der Waals surface area contributed by atoms with Crippen molar-refractivity contribution in [2.24, 2.45) is 0 Å². The molecular weight excluding hydrogens is 324 g/mol. The Morgan fingerprint density at radius 2 is 1.96 bits per heavy atom. The van der Waals surface area contributed by atoms with Crippen LogP contribution in [0.5, 0.6) is 0 Å². The highest BCUT2D eigenvalue weighted by molar-refractivity contribution is 6.11. The second-order valence-corrected chi connectivity index (χ2v) is 6.43. The van der Waals surface area contributed by atoms with Gasteiger partial charge in [-0.25, -0.2) is 4.98 Å². The number of pyridine rings is 1. The fourth-order valence-corrected chi connectivity index (χ4v) is 3.61. The third-order valence-electron chi connectivity index (χ3n) is 4.80. The molecule has 2 aromatic carbocycles. The Kier molecular flexibility index (Phi) is 3.81. The fraction of sp³-hybridized carbons (Fsp3) is 0.190. The molecule has 0 saturated heterocycles. The van der Waals surface area contributed by atoms with Crippen molar-refractivity contribution in [1.29, 1.82) is 5.26 Å². The van der Waals surface area contributed by atoms with E-state index in [4.69, 9.17) is 10.7 Å². The van der Waals surface area contributed by atoms with Crippen molar-refractivity contribution in [3.8, 4) is 17.2 Å². The van der Waals surface area contributed by atoms with Crippen molar-refractivity contribution in [2.75, 3.05) is 12.3 Å². The SMILES string of the molecule is CCCN1Cc2nc3c(-c4ccccc4C#N)cccc3c(N)c2C1=O. The third kappa shape index (κ3) is 2.31. The number of fused-ring (bicyclic) bond motifs is 2. The van der Waals surface area contributed by atoms with Crippen molar-refractivity contribution in [2.45, 2.75) is 19.9 Å². The lowest BCUT2D eigenvalue weighted by molar-refractivity contribution is 0.0779. The molecule has 2 heterocycles. The lowest BCUT2D eigenvalue weighted by Crippen LogP contribution is -2.24. The van der Waals surface area contributed by atoms with Crippen LogP contribution in [0.3, 0.4) is 0 Å². The van der Waals surface area contributed by atoms with Gasteiger partial charge in [-0.05, 0) is 12.5 Å². The minimum atomic E-state index is -0.0448. The molecule has 1 amide bonds. The fourth-order valence-electron chi connectivity index (χ4n) is 3.61. The number of hydrogen-bond donors (Lipinski definition) is 1. The largest absolute Gasteiger partial charge is 0.397 e. The zero-order valence-corrected chi connectivity index (χ0v) is 14.5. The average molecular weight is 342 g/mol. The van der Waals surface area contributed by atoms with Gasteiger partial charge in [0.2, 0.25) is 0 Å². The maximum Gasteiger partial charge on any atom is 0.258 e. The molecule has 5 heteroatoms. The van der Waals surface area contributed by atoms with Crippen molar-refractivity contribution in [1.82, 2.24) is 9.88 Å². The molecule has 2 N–H and O–H groups in total. The highest BCUT2D eigenvalue weighted by Crippen LogP contribution is 2.37. The average Bonchev–Trinajstić information content (AvgIpc) is 2.97. The van der Waals surface area contributed by atoms with E-state index in [9.17, 15) is 10.1 Å². The van der Waals surface area contributed by atoms with E-state index in [0.717, 1.165) is 34.1 Å². The lowest BCUT2D eigenvalue weighted by atomic mass is 9.96. The predicted molar refractivity (Wildman–Crippen MR) is 101 cm³/mol. The van der Waals surface area contributed by atoms with Crippen LogP contribution in [0.25, 0.3) is 22.0 Å². The summed E-state index contributed by atoms with van der Waals surface area (Å²) in [5, 5.41) is 10.2. The molecule has 128 valence electrons. The maximum absolute atomic E-state index is 12.7. The highest BCUT2D eigenvalue weighted by Gasteiger charge is 2.31. The molecule has 1 aliphatic heterocycles. The van der Waals surface area contributed by atoms with Crippen LogP contribution < -0.4 is 5.73 Å². The molecule has 4 rings (SSSR count). The minimum absolute atomic E-state index is 0.0448. The van der Waals surface area contributed by atoms with Gasteiger partial charge in [-0.15, -0.1) is 0 Å². The summed E-state index contributed by atoms with van der Waals surface area (Å²) in [6, 6.07) is 15.4. The van der Waals surface area contributed by atoms with Crippen LogP contribution in [0.4, 0.5) is 5.69 Å². The molecule has 1 aromatic heterocycles. The van der Waals surface area contributed by atoms with E-state index >= 15 is 0 Å². The number of carbonyl (C=O) groups is 1. The highest BCUT2D eigenvalue weighted by atomic mass is 16.2. The van der Waals surface area contributed by atoms with Gasteiger partial charge >= 0.3 is 0 Å². The lowest BCUT2D eigenvalue weighted by Gasteiger charge is -2.13. The molecule has 26 heavy (non-hydrogen) atoms. The summed E-state index contributed by atoms with van der Waals surface area (Å²) in [6.45, 7) is 3.21. The molecule has 5 nitrogen and oxygen atoms in total. The summed E-state index contributed by atoms with van der Waals surface area (Å²) in [5.41, 5.74) is 11.1. The van der Waals surface area contributed by atoms with Gasteiger partial charge in [0.15, 0.2) is 0 Å². The van der Waals surface area contributed by atoms with Crippen LogP contribution in [-0.2, 0) is 6.54 Å². The molecule has 0 spiro atoms. The number of amides is 1. The molecule has 0 bridgehead atoms. The molecule has 0 unspecified atom stereocenters. The Balaban J connectivity index is 1.98. The first-order valence-corrected chi connectivity index (χ1v) is 8.65. The summed E-state index contributed by atoms with van der Waals surface area (Å²) in [4.78, 5) is 19.3. The van der Waals surface area contributed by atoms with Crippen molar-refractivity contribution < 1.29 is 4.79 Å². The molecule has 0 saturated carbocycles. The van der Waals surface area contributed by atoms with Gasteiger partial charge in [0.05, 0.1) is 40.6 Å². The smallest absolute Gasteiger partial charge is 0.258 e. The number of nitriles is 1. The summed E-state index contributed by atoms with van der Waals surface area (Å²) < 4.78 is 0. The topological polar surface area (TPSA) is 83.0 Å². The van der Waals surface area contributed by atoms with Gasteiger partial charge in [0, 0.05) is 23.1 Å². The minimum Gasteiger partial charge on any atom is -0.397 e. The van der Waals surface area contributed by atoms with Crippen molar-refractivity contribution >= 4 is 22.5 Å².